The number of halogens is 1. The molecule has 0 spiro atoms. The summed E-state index contributed by atoms with van der Waals surface area (Å²) in [6, 6.07) is 5.13. The third kappa shape index (κ3) is 2.98. The molecule has 0 amide bonds. The molecule has 1 aliphatic rings. The lowest BCUT2D eigenvalue weighted by Crippen LogP contribution is -2.33. The molecule has 2 atom stereocenters. The molecule has 4 heteroatoms. The normalized spacial score (nSPS) is 23.1. The highest BCUT2D eigenvalue weighted by atomic mass is 35.5. The summed E-state index contributed by atoms with van der Waals surface area (Å²) in [4.78, 5) is 23.8. The van der Waals surface area contributed by atoms with E-state index >= 15 is 0 Å². The molecule has 0 heterocycles. The minimum absolute atomic E-state index is 0.0544. The third-order valence-electron chi connectivity index (χ3n) is 3.87. The Kier molecular flexibility index (Phi) is 4.25. The lowest BCUT2D eigenvalue weighted by Gasteiger charge is -2.27. The van der Waals surface area contributed by atoms with Crippen LogP contribution in [0.4, 0.5) is 0 Å². The summed E-state index contributed by atoms with van der Waals surface area (Å²) in [6.45, 7) is 1.83. The van der Waals surface area contributed by atoms with Crippen LogP contribution < -0.4 is 0 Å². The van der Waals surface area contributed by atoms with Gasteiger partial charge in [-0.25, -0.2) is 0 Å². The average molecular weight is 281 g/mol. The number of rotatable bonds is 3. The van der Waals surface area contributed by atoms with E-state index in [0.29, 0.717) is 23.4 Å². The summed E-state index contributed by atoms with van der Waals surface area (Å²) in [5.74, 6) is -1.85. The van der Waals surface area contributed by atoms with Crippen LogP contribution in [-0.4, -0.2) is 16.9 Å². The number of carboxylic acid groups (broad SMARTS) is 1. The van der Waals surface area contributed by atoms with E-state index in [9.17, 15) is 14.7 Å². The number of carbonyl (C=O) groups is 2. The van der Waals surface area contributed by atoms with Crippen LogP contribution in [0.3, 0.4) is 0 Å². The summed E-state index contributed by atoms with van der Waals surface area (Å²) in [5.41, 5.74) is 1.41. The van der Waals surface area contributed by atoms with Gasteiger partial charge in [-0.2, -0.15) is 0 Å². The zero-order valence-corrected chi connectivity index (χ0v) is 11.6. The first-order chi connectivity index (χ1) is 9.00. The Balaban J connectivity index is 2.28. The standard InChI is InChI=1S/C15H17ClO3/c1-9-8-10(16)6-7-11(9)14(17)12-4-2-3-5-13(12)15(18)19/h6-8,12-13H,2-5H2,1H3,(H,18,19). The second-order valence-electron chi connectivity index (χ2n) is 5.16. The van der Waals surface area contributed by atoms with Crippen LogP contribution in [0.1, 0.15) is 41.6 Å². The Morgan fingerprint density at radius 1 is 1.21 bits per heavy atom. The SMILES string of the molecule is Cc1cc(Cl)ccc1C(=O)C1CCCCC1C(=O)O. The minimum atomic E-state index is -0.857. The smallest absolute Gasteiger partial charge is 0.307 e. The van der Waals surface area contributed by atoms with E-state index in [0.717, 1.165) is 18.4 Å². The number of hydrogen-bond acceptors (Lipinski definition) is 2. The van der Waals surface area contributed by atoms with Gasteiger partial charge in [0.1, 0.15) is 0 Å². The second kappa shape index (κ2) is 5.74. The van der Waals surface area contributed by atoms with E-state index in [2.05, 4.69) is 0 Å². The summed E-state index contributed by atoms with van der Waals surface area (Å²) < 4.78 is 0. The molecule has 0 aromatic heterocycles. The number of hydrogen-bond donors (Lipinski definition) is 1. The summed E-state index contributed by atoms with van der Waals surface area (Å²) in [5, 5.41) is 9.83. The van der Waals surface area contributed by atoms with E-state index in [1.165, 1.54) is 0 Å². The van der Waals surface area contributed by atoms with Gasteiger partial charge in [-0.15, -0.1) is 0 Å². The highest BCUT2D eigenvalue weighted by molar-refractivity contribution is 6.30. The first-order valence-electron chi connectivity index (χ1n) is 6.54. The van der Waals surface area contributed by atoms with Crippen LogP contribution >= 0.6 is 11.6 Å². The molecule has 1 aliphatic carbocycles. The van der Waals surface area contributed by atoms with Crippen LogP contribution in [0, 0.1) is 18.8 Å². The van der Waals surface area contributed by atoms with Crippen molar-refractivity contribution in [2.75, 3.05) is 0 Å². The molecule has 0 saturated heterocycles. The molecule has 0 bridgehead atoms. The van der Waals surface area contributed by atoms with Gasteiger partial charge in [-0.1, -0.05) is 24.4 Å². The van der Waals surface area contributed by atoms with Crippen molar-refractivity contribution in [3.63, 3.8) is 0 Å². The molecule has 1 N–H and O–H groups in total. The average Bonchev–Trinajstić information content (AvgIpc) is 2.38. The van der Waals surface area contributed by atoms with Crippen molar-refractivity contribution in [2.45, 2.75) is 32.6 Å². The number of ketones is 1. The van der Waals surface area contributed by atoms with Gasteiger partial charge in [0.05, 0.1) is 5.92 Å². The Hall–Kier alpha value is -1.35. The van der Waals surface area contributed by atoms with Gasteiger partial charge in [-0.05, 0) is 43.5 Å². The maximum atomic E-state index is 12.5. The number of Topliss-reactive ketones (excluding diaryl/α,β-unsaturated/α-hetero) is 1. The van der Waals surface area contributed by atoms with E-state index in [-0.39, 0.29) is 5.78 Å². The number of aliphatic carboxylic acids is 1. The fourth-order valence-electron chi connectivity index (χ4n) is 2.84. The third-order valence-corrected chi connectivity index (χ3v) is 4.11. The van der Waals surface area contributed by atoms with Crippen molar-refractivity contribution in [1.82, 2.24) is 0 Å². The number of aryl methyl sites for hydroxylation is 1. The van der Waals surface area contributed by atoms with Crippen LogP contribution in [0.5, 0.6) is 0 Å². The highest BCUT2D eigenvalue weighted by Gasteiger charge is 2.36. The van der Waals surface area contributed by atoms with Crippen molar-refractivity contribution in [1.29, 1.82) is 0 Å². The van der Waals surface area contributed by atoms with Crippen molar-refractivity contribution in [3.05, 3.63) is 34.3 Å². The molecule has 1 aromatic carbocycles. The molecule has 1 saturated carbocycles. The van der Waals surface area contributed by atoms with Gasteiger partial charge in [0, 0.05) is 16.5 Å². The fraction of sp³-hybridized carbons (Fsp3) is 0.467. The maximum Gasteiger partial charge on any atom is 0.307 e. The van der Waals surface area contributed by atoms with Gasteiger partial charge >= 0.3 is 5.97 Å². The summed E-state index contributed by atoms with van der Waals surface area (Å²) in [6.07, 6.45) is 3.07. The number of benzene rings is 1. The van der Waals surface area contributed by atoms with Crippen LogP contribution in [0.2, 0.25) is 5.02 Å². The summed E-state index contributed by atoms with van der Waals surface area (Å²) in [7, 11) is 0. The minimum Gasteiger partial charge on any atom is -0.481 e. The Bertz CT molecular complexity index is 510. The molecule has 3 nitrogen and oxygen atoms in total. The first kappa shape index (κ1) is 14.1. The zero-order valence-electron chi connectivity index (χ0n) is 10.9. The van der Waals surface area contributed by atoms with E-state index < -0.39 is 17.8 Å². The lowest BCUT2D eigenvalue weighted by atomic mass is 9.75. The fourth-order valence-corrected chi connectivity index (χ4v) is 3.07. The van der Waals surface area contributed by atoms with Gasteiger partial charge in [-0.3, -0.25) is 9.59 Å². The van der Waals surface area contributed by atoms with E-state index in [1.54, 1.807) is 18.2 Å². The van der Waals surface area contributed by atoms with Crippen LogP contribution in [0.15, 0.2) is 18.2 Å². The molecule has 19 heavy (non-hydrogen) atoms. The van der Waals surface area contributed by atoms with Crippen molar-refractivity contribution >= 4 is 23.4 Å². The van der Waals surface area contributed by atoms with Gasteiger partial charge < -0.3 is 5.11 Å². The topological polar surface area (TPSA) is 54.4 Å². The van der Waals surface area contributed by atoms with E-state index in [1.807, 2.05) is 6.92 Å². The molecule has 2 rings (SSSR count). The predicted molar refractivity (Wildman–Crippen MR) is 73.6 cm³/mol. The number of carbonyl (C=O) groups excluding carboxylic acids is 1. The van der Waals surface area contributed by atoms with Gasteiger partial charge in [0.2, 0.25) is 0 Å². The predicted octanol–water partition coefficient (Wildman–Crippen LogP) is 3.72. The molecule has 0 radical (unpaired) electrons. The quantitative estimate of drug-likeness (QED) is 0.859. The first-order valence-corrected chi connectivity index (χ1v) is 6.91. The Morgan fingerprint density at radius 3 is 2.42 bits per heavy atom. The largest absolute Gasteiger partial charge is 0.481 e. The number of carboxylic acids is 1. The highest BCUT2D eigenvalue weighted by Crippen LogP contribution is 2.33. The van der Waals surface area contributed by atoms with E-state index in [4.69, 9.17) is 11.6 Å². The van der Waals surface area contributed by atoms with Gasteiger partial charge in [0.15, 0.2) is 5.78 Å². The van der Waals surface area contributed by atoms with Crippen molar-refractivity contribution in [2.24, 2.45) is 11.8 Å². The molecule has 102 valence electrons. The molecular weight excluding hydrogens is 264 g/mol. The second-order valence-corrected chi connectivity index (χ2v) is 5.60. The van der Waals surface area contributed by atoms with Crippen LogP contribution in [-0.2, 0) is 4.79 Å². The van der Waals surface area contributed by atoms with Gasteiger partial charge in [0.25, 0.3) is 0 Å². The Morgan fingerprint density at radius 2 is 1.84 bits per heavy atom. The van der Waals surface area contributed by atoms with Crippen LogP contribution in [0.25, 0.3) is 0 Å². The van der Waals surface area contributed by atoms with Crippen molar-refractivity contribution in [3.8, 4) is 0 Å². The maximum absolute atomic E-state index is 12.5. The monoisotopic (exact) mass is 280 g/mol. The Labute approximate surface area is 117 Å². The molecule has 0 aliphatic heterocycles. The lowest BCUT2D eigenvalue weighted by molar-refractivity contribution is -0.144. The molecule has 1 fully saturated rings. The molecule has 1 aromatic rings. The molecule has 2 unspecified atom stereocenters. The molecular formula is C15H17ClO3. The van der Waals surface area contributed by atoms with Crippen molar-refractivity contribution < 1.29 is 14.7 Å². The summed E-state index contributed by atoms with van der Waals surface area (Å²) >= 11 is 5.88. The zero-order chi connectivity index (χ0) is 14.0.